The third-order valence-corrected chi connectivity index (χ3v) is 3.94. The Labute approximate surface area is 116 Å². The molecule has 0 spiro atoms. The summed E-state index contributed by atoms with van der Waals surface area (Å²) in [5.41, 5.74) is 5.93. The second-order valence-electron chi connectivity index (χ2n) is 5.38. The van der Waals surface area contributed by atoms with Crippen molar-refractivity contribution in [1.82, 2.24) is 4.90 Å². The van der Waals surface area contributed by atoms with Crippen LogP contribution in [0.15, 0.2) is 0 Å². The summed E-state index contributed by atoms with van der Waals surface area (Å²) >= 11 is 0. The summed E-state index contributed by atoms with van der Waals surface area (Å²) in [6, 6.07) is 0.187. The summed E-state index contributed by atoms with van der Waals surface area (Å²) in [6.45, 7) is 6.46. The maximum absolute atomic E-state index is 12.2. The van der Waals surface area contributed by atoms with Crippen molar-refractivity contribution < 1.29 is 9.53 Å². The van der Waals surface area contributed by atoms with Gasteiger partial charge in [-0.25, -0.2) is 0 Å². The molecule has 2 fully saturated rings. The number of nitrogens with two attached hydrogens (primary N) is 1. The Bertz CT molecular complexity index is 286. The van der Waals surface area contributed by atoms with Crippen LogP contribution in [-0.2, 0) is 9.53 Å². The second-order valence-corrected chi connectivity index (χ2v) is 5.38. The molecule has 1 saturated heterocycles. The molecule has 0 radical (unpaired) electrons. The van der Waals surface area contributed by atoms with E-state index in [1.807, 2.05) is 18.7 Å². The first-order valence-corrected chi connectivity index (χ1v) is 6.79. The van der Waals surface area contributed by atoms with E-state index in [0.29, 0.717) is 12.5 Å². The van der Waals surface area contributed by atoms with Gasteiger partial charge in [0.15, 0.2) is 0 Å². The number of hydrogen-bond donors (Lipinski definition) is 1. The van der Waals surface area contributed by atoms with Gasteiger partial charge in [0.25, 0.3) is 0 Å². The van der Waals surface area contributed by atoms with Gasteiger partial charge in [0.05, 0.1) is 12.0 Å². The lowest BCUT2D eigenvalue weighted by atomic mass is 9.92. The van der Waals surface area contributed by atoms with Gasteiger partial charge >= 0.3 is 0 Å². The Hall–Kier alpha value is -0.320. The van der Waals surface area contributed by atoms with E-state index in [0.717, 1.165) is 32.4 Å². The van der Waals surface area contributed by atoms with Crippen LogP contribution in [0.3, 0.4) is 0 Å². The fourth-order valence-corrected chi connectivity index (χ4v) is 2.70. The molecule has 0 aromatic carbocycles. The van der Waals surface area contributed by atoms with Crippen LogP contribution in [0.4, 0.5) is 0 Å². The molecule has 2 rings (SSSR count). The van der Waals surface area contributed by atoms with Crippen LogP contribution >= 0.6 is 12.4 Å². The fraction of sp³-hybridized carbons (Fsp3) is 0.923. The molecule has 18 heavy (non-hydrogen) atoms. The maximum Gasteiger partial charge on any atom is 0.228 e. The van der Waals surface area contributed by atoms with Gasteiger partial charge in [-0.05, 0) is 39.0 Å². The van der Waals surface area contributed by atoms with Gasteiger partial charge in [0.1, 0.15) is 0 Å². The zero-order valence-electron chi connectivity index (χ0n) is 11.3. The van der Waals surface area contributed by atoms with Gasteiger partial charge in [0, 0.05) is 25.7 Å². The normalized spacial score (nSPS) is 32.6. The number of ether oxygens (including phenoxy) is 1. The summed E-state index contributed by atoms with van der Waals surface area (Å²) in [6.07, 6.45) is 3.33. The van der Waals surface area contributed by atoms with Crippen LogP contribution in [0.25, 0.3) is 0 Å². The Morgan fingerprint density at radius 2 is 2.28 bits per heavy atom. The van der Waals surface area contributed by atoms with Crippen LogP contribution in [0.2, 0.25) is 0 Å². The standard InChI is InChI=1S/C13H24N2O2.ClH/c1-3-17-12-7-11(12)13(16)15-6-4-5-10(8-15)9(2)14;/h9-12H,3-8,14H2,1-2H3;1H. The average molecular weight is 277 g/mol. The van der Waals surface area contributed by atoms with Crippen LogP contribution < -0.4 is 5.73 Å². The number of piperidine rings is 1. The van der Waals surface area contributed by atoms with E-state index >= 15 is 0 Å². The number of carbonyl (C=O) groups excluding carboxylic acids is 1. The Morgan fingerprint density at radius 1 is 1.56 bits per heavy atom. The molecule has 1 heterocycles. The van der Waals surface area contributed by atoms with Crippen molar-refractivity contribution in [3.8, 4) is 0 Å². The summed E-state index contributed by atoms with van der Waals surface area (Å²) in [7, 11) is 0. The minimum absolute atomic E-state index is 0. The smallest absolute Gasteiger partial charge is 0.228 e. The summed E-state index contributed by atoms with van der Waals surface area (Å²) in [4.78, 5) is 14.2. The minimum Gasteiger partial charge on any atom is -0.378 e. The Kier molecular flexibility index (Phi) is 5.89. The maximum atomic E-state index is 12.2. The highest BCUT2D eigenvalue weighted by Gasteiger charge is 2.46. The van der Waals surface area contributed by atoms with Crippen molar-refractivity contribution in [1.29, 1.82) is 0 Å². The molecule has 1 saturated carbocycles. The molecule has 2 aliphatic rings. The molecule has 1 aliphatic carbocycles. The van der Waals surface area contributed by atoms with Gasteiger partial charge in [-0.15, -0.1) is 12.4 Å². The molecule has 106 valence electrons. The zero-order valence-corrected chi connectivity index (χ0v) is 12.1. The first-order chi connectivity index (χ1) is 8.13. The molecular weight excluding hydrogens is 252 g/mol. The molecule has 4 atom stereocenters. The number of carbonyl (C=O) groups is 1. The van der Waals surface area contributed by atoms with E-state index in [4.69, 9.17) is 10.5 Å². The number of amides is 1. The summed E-state index contributed by atoms with van der Waals surface area (Å²) in [5.74, 6) is 0.882. The van der Waals surface area contributed by atoms with Crippen LogP contribution in [0, 0.1) is 11.8 Å². The van der Waals surface area contributed by atoms with E-state index in [2.05, 4.69) is 0 Å². The van der Waals surface area contributed by atoms with Crippen molar-refractivity contribution in [2.24, 2.45) is 17.6 Å². The number of halogens is 1. The Morgan fingerprint density at radius 3 is 2.89 bits per heavy atom. The van der Waals surface area contributed by atoms with Gasteiger partial charge in [-0.1, -0.05) is 0 Å². The van der Waals surface area contributed by atoms with Crippen LogP contribution in [0.1, 0.15) is 33.1 Å². The molecule has 2 N–H and O–H groups in total. The molecular formula is C13H25ClN2O2. The highest BCUT2D eigenvalue weighted by atomic mass is 35.5. The lowest BCUT2D eigenvalue weighted by Gasteiger charge is -2.34. The van der Waals surface area contributed by atoms with E-state index in [1.54, 1.807) is 0 Å². The van der Waals surface area contributed by atoms with Gasteiger partial charge in [-0.2, -0.15) is 0 Å². The molecule has 4 unspecified atom stereocenters. The van der Waals surface area contributed by atoms with E-state index in [9.17, 15) is 4.79 Å². The van der Waals surface area contributed by atoms with E-state index in [1.165, 1.54) is 0 Å². The van der Waals surface area contributed by atoms with Crippen molar-refractivity contribution >= 4 is 18.3 Å². The van der Waals surface area contributed by atoms with Crippen molar-refractivity contribution in [3.63, 3.8) is 0 Å². The predicted octanol–water partition coefficient (Wildman–Crippen LogP) is 1.42. The number of nitrogens with zero attached hydrogens (tertiary/aromatic N) is 1. The SMILES string of the molecule is CCOC1CC1C(=O)N1CCCC(C(C)N)C1.Cl. The molecule has 4 nitrogen and oxygen atoms in total. The number of hydrogen-bond acceptors (Lipinski definition) is 3. The quantitative estimate of drug-likeness (QED) is 0.845. The molecule has 0 aromatic heterocycles. The zero-order chi connectivity index (χ0) is 12.4. The van der Waals surface area contributed by atoms with E-state index in [-0.39, 0.29) is 36.4 Å². The molecule has 1 aliphatic heterocycles. The average Bonchev–Trinajstić information content (AvgIpc) is 3.08. The van der Waals surface area contributed by atoms with Crippen molar-refractivity contribution in [3.05, 3.63) is 0 Å². The largest absolute Gasteiger partial charge is 0.378 e. The highest BCUT2D eigenvalue weighted by Crippen LogP contribution is 2.36. The molecule has 1 amide bonds. The van der Waals surface area contributed by atoms with Gasteiger partial charge in [-0.3, -0.25) is 4.79 Å². The third kappa shape index (κ3) is 3.59. The number of rotatable bonds is 4. The lowest BCUT2D eigenvalue weighted by molar-refractivity contribution is -0.135. The van der Waals surface area contributed by atoms with Crippen molar-refractivity contribution in [2.75, 3.05) is 19.7 Å². The summed E-state index contributed by atoms with van der Waals surface area (Å²) < 4.78 is 5.48. The topological polar surface area (TPSA) is 55.6 Å². The van der Waals surface area contributed by atoms with E-state index < -0.39 is 0 Å². The second kappa shape index (κ2) is 6.73. The summed E-state index contributed by atoms with van der Waals surface area (Å²) in [5, 5.41) is 0. The Balaban J connectivity index is 0.00000162. The fourth-order valence-electron chi connectivity index (χ4n) is 2.70. The third-order valence-electron chi connectivity index (χ3n) is 3.94. The monoisotopic (exact) mass is 276 g/mol. The molecule has 5 heteroatoms. The van der Waals surface area contributed by atoms with Crippen molar-refractivity contribution in [2.45, 2.75) is 45.3 Å². The van der Waals surface area contributed by atoms with Crippen LogP contribution in [-0.4, -0.2) is 42.6 Å². The van der Waals surface area contributed by atoms with Gasteiger partial charge < -0.3 is 15.4 Å². The molecule has 0 bridgehead atoms. The van der Waals surface area contributed by atoms with Crippen LogP contribution in [0.5, 0.6) is 0 Å². The lowest BCUT2D eigenvalue weighted by Crippen LogP contribution is -2.45. The highest BCUT2D eigenvalue weighted by molar-refractivity contribution is 5.85. The predicted molar refractivity (Wildman–Crippen MR) is 73.7 cm³/mol. The number of likely N-dealkylation sites (tertiary alicyclic amines) is 1. The minimum atomic E-state index is 0. The first-order valence-electron chi connectivity index (χ1n) is 6.79. The molecule has 0 aromatic rings. The van der Waals surface area contributed by atoms with Gasteiger partial charge in [0.2, 0.25) is 5.91 Å². The first kappa shape index (κ1) is 15.7.